The Labute approximate surface area is 198 Å². The second kappa shape index (κ2) is 9.84. The highest BCUT2D eigenvalue weighted by Crippen LogP contribution is 2.26. The molecular weight excluding hydrogens is 465 g/mol. The van der Waals surface area contributed by atoms with E-state index in [1.807, 2.05) is 5.32 Å². The summed E-state index contributed by atoms with van der Waals surface area (Å²) in [7, 11) is 0. The van der Waals surface area contributed by atoms with Gasteiger partial charge in [-0.05, 0) is 30.7 Å². The molecule has 0 aliphatic carbocycles. The number of carbonyl (C=O) groups is 2. The van der Waals surface area contributed by atoms with E-state index >= 15 is 0 Å². The van der Waals surface area contributed by atoms with Crippen molar-refractivity contribution in [1.29, 1.82) is 0 Å². The first kappa shape index (κ1) is 24.4. The molecular formula is C22H26F3N8O2+. The molecule has 0 spiro atoms. The molecule has 13 heteroatoms. The lowest BCUT2D eigenvalue weighted by Gasteiger charge is -2.30. The Hall–Kier alpha value is -3.77. The number of likely N-dealkylation sites (tertiary alicyclic amines) is 1. The monoisotopic (exact) mass is 491 g/mol. The zero-order valence-corrected chi connectivity index (χ0v) is 19.2. The minimum atomic E-state index is -4.52. The molecule has 186 valence electrons. The van der Waals surface area contributed by atoms with Crippen LogP contribution >= 0.6 is 0 Å². The van der Waals surface area contributed by atoms with Gasteiger partial charge in [-0.2, -0.15) is 13.2 Å². The number of H-pyrrole nitrogens is 2. The Morgan fingerprint density at radius 3 is 2.74 bits per heavy atom. The number of alkyl halides is 3. The summed E-state index contributed by atoms with van der Waals surface area (Å²) in [4.78, 5) is 46.2. The molecule has 4 rings (SSSR count). The van der Waals surface area contributed by atoms with Crippen molar-refractivity contribution >= 4 is 28.7 Å². The molecule has 0 saturated carbocycles. The van der Waals surface area contributed by atoms with Crippen LogP contribution in [0.2, 0.25) is 0 Å². The van der Waals surface area contributed by atoms with E-state index in [1.54, 1.807) is 17.3 Å². The van der Waals surface area contributed by atoms with Crippen molar-refractivity contribution < 1.29 is 27.7 Å². The van der Waals surface area contributed by atoms with Crippen LogP contribution < -0.4 is 15.6 Å². The van der Waals surface area contributed by atoms with Crippen molar-refractivity contribution in [3.05, 3.63) is 30.5 Å². The molecule has 3 aromatic rings. The molecule has 0 unspecified atom stereocenters. The van der Waals surface area contributed by atoms with Gasteiger partial charge in [-0.3, -0.25) is 9.59 Å². The van der Waals surface area contributed by atoms with Crippen molar-refractivity contribution in [1.82, 2.24) is 30.2 Å². The van der Waals surface area contributed by atoms with Crippen molar-refractivity contribution in [2.75, 3.05) is 25.0 Å². The molecule has 1 aliphatic heterocycles. The smallest absolute Gasteiger partial charge is 0.358 e. The van der Waals surface area contributed by atoms with Gasteiger partial charge in [0.15, 0.2) is 5.82 Å². The summed E-state index contributed by atoms with van der Waals surface area (Å²) < 4.78 is 37.4. The number of rotatable bonds is 6. The Kier molecular flexibility index (Phi) is 6.85. The number of amides is 2. The molecule has 2 amide bonds. The number of hydrogen-bond donors (Lipinski definition) is 3. The number of fused-ring (bicyclic) bond motifs is 1. The highest BCUT2D eigenvalue weighted by molar-refractivity contribution is 5.95. The van der Waals surface area contributed by atoms with E-state index in [9.17, 15) is 22.8 Å². The summed E-state index contributed by atoms with van der Waals surface area (Å²) in [6.45, 7) is 3.31. The van der Waals surface area contributed by atoms with Crippen LogP contribution in [0.25, 0.3) is 22.4 Å². The Morgan fingerprint density at radius 1 is 1.29 bits per heavy atom. The van der Waals surface area contributed by atoms with Crippen LogP contribution in [0.3, 0.4) is 0 Å². The first-order chi connectivity index (χ1) is 16.6. The number of aromatic nitrogens is 5. The molecule has 10 nitrogen and oxygen atoms in total. The third-order valence-electron chi connectivity index (χ3n) is 5.87. The van der Waals surface area contributed by atoms with Gasteiger partial charge in [0.1, 0.15) is 30.3 Å². The number of carbonyl (C=O) groups excluding carboxylic acids is 2. The zero-order chi connectivity index (χ0) is 25.2. The Morgan fingerprint density at radius 2 is 2.03 bits per heavy atom. The van der Waals surface area contributed by atoms with Gasteiger partial charge in [0, 0.05) is 25.4 Å². The maximum atomic E-state index is 13.3. The highest BCUT2D eigenvalue weighted by Gasteiger charge is 2.29. The van der Waals surface area contributed by atoms with Gasteiger partial charge in [-0.1, -0.05) is 6.92 Å². The maximum Gasteiger partial charge on any atom is 0.405 e. The van der Waals surface area contributed by atoms with E-state index in [0.717, 1.165) is 12.8 Å². The standard InChI is InChI=1S/C22H25F3N8O2/c1-12-3-5-33(6-4-12)21(35)16-7-17(30-13(2)20(34)28-10-22(23,24)25)32-19(31-16)15-9-27-18-14(15)8-26-11-29-18/h7-9,11-13H,3-6,10H2,1-2H3,(H,28,34)(H,26,27,29)(H,30,31,32)/p+1/t13-/m0/s1. The zero-order valence-electron chi connectivity index (χ0n) is 19.2. The number of anilines is 1. The van der Waals surface area contributed by atoms with Crippen LogP contribution in [0.15, 0.2) is 24.8 Å². The summed E-state index contributed by atoms with van der Waals surface area (Å²) in [6, 6.07) is 0.369. The summed E-state index contributed by atoms with van der Waals surface area (Å²) in [5.74, 6) is -0.253. The average Bonchev–Trinajstić information content (AvgIpc) is 3.26. The van der Waals surface area contributed by atoms with Gasteiger partial charge in [0.25, 0.3) is 17.9 Å². The molecule has 0 aromatic carbocycles. The van der Waals surface area contributed by atoms with Crippen LogP contribution in [0.4, 0.5) is 19.0 Å². The van der Waals surface area contributed by atoms with Gasteiger partial charge in [-0.25, -0.2) is 15.0 Å². The second-order valence-electron chi connectivity index (χ2n) is 8.67. The van der Waals surface area contributed by atoms with Crippen molar-refractivity contribution in [2.45, 2.75) is 38.9 Å². The van der Waals surface area contributed by atoms with Gasteiger partial charge < -0.3 is 20.5 Å². The molecule has 35 heavy (non-hydrogen) atoms. The lowest BCUT2D eigenvalue weighted by Crippen LogP contribution is -2.42. The van der Waals surface area contributed by atoms with Crippen molar-refractivity contribution in [3.8, 4) is 11.4 Å². The number of aromatic amines is 2. The summed E-state index contributed by atoms with van der Waals surface area (Å²) >= 11 is 0. The van der Waals surface area contributed by atoms with E-state index in [0.29, 0.717) is 35.6 Å². The highest BCUT2D eigenvalue weighted by atomic mass is 19.4. The van der Waals surface area contributed by atoms with E-state index in [-0.39, 0.29) is 23.2 Å². The van der Waals surface area contributed by atoms with Crippen LogP contribution in [-0.2, 0) is 4.79 Å². The lowest BCUT2D eigenvalue weighted by atomic mass is 9.99. The third-order valence-corrected chi connectivity index (χ3v) is 5.87. The molecule has 1 saturated heterocycles. The average molecular weight is 491 g/mol. The summed E-state index contributed by atoms with van der Waals surface area (Å²) in [5, 5.41) is 5.32. The van der Waals surface area contributed by atoms with E-state index in [2.05, 4.69) is 37.2 Å². The van der Waals surface area contributed by atoms with Gasteiger partial charge >= 0.3 is 6.18 Å². The summed E-state index contributed by atoms with van der Waals surface area (Å²) in [5.41, 5.74) is 1.28. The Balaban J connectivity index is 1.65. The topological polar surface area (TPSA) is 130 Å². The third kappa shape index (κ3) is 5.84. The normalized spacial score (nSPS) is 15.7. The Bertz CT molecular complexity index is 1220. The van der Waals surface area contributed by atoms with Crippen molar-refractivity contribution in [3.63, 3.8) is 0 Å². The summed E-state index contributed by atoms with van der Waals surface area (Å²) in [6.07, 6.45) is 2.11. The fourth-order valence-corrected chi connectivity index (χ4v) is 3.84. The minimum absolute atomic E-state index is 0.122. The van der Waals surface area contributed by atoms with Crippen LogP contribution in [0, 0.1) is 5.92 Å². The molecule has 3 aromatic heterocycles. The molecule has 1 aliphatic rings. The fraction of sp³-hybridized carbons (Fsp3) is 0.455. The first-order valence-corrected chi connectivity index (χ1v) is 11.2. The molecule has 1 atom stereocenters. The predicted molar refractivity (Wildman–Crippen MR) is 120 cm³/mol. The predicted octanol–water partition coefficient (Wildman–Crippen LogP) is 2.18. The number of nitrogens with zero attached hydrogens (tertiary/aromatic N) is 4. The number of piperidine rings is 1. The maximum absolute atomic E-state index is 13.3. The second-order valence-corrected chi connectivity index (χ2v) is 8.67. The van der Waals surface area contributed by atoms with Gasteiger partial charge in [0.05, 0.1) is 10.9 Å². The van der Waals surface area contributed by atoms with Crippen molar-refractivity contribution in [2.24, 2.45) is 5.92 Å². The molecule has 0 radical (unpaired) electrons. The molecule has 1 fully saturated rings. The number of nitrogens with one attached hydrogen (secondary N) is 4. The van der Waals surface area contributed by atoms with Crippen LogP contribution in [-0.4, -0.2) is 68.5 Å². The number of halogens is 3. The lowest BCUT2D eigenvalue weighted by molar-refractivity contribution is -0.380. The SMILES string of the molecule is CC1CCN(C(=O)c2cc(N[C@@H](C)C(=O)NCC(F)(F)F)nc(-c3c[nH]c4nc[nH+]cc34)n2)CC1. The quantitative estimate of drug-likeness (QED) is 0.485. The number of hydrogen-bond acceptors (Lipinski definition) is 6. The van der Waals surface area contributed by atoms with Gasteiger partial charge in [-0.15, -0.1) is 0 Å². The van der Waals surface area contributed by atoms with Crippen LogP contribution in [0.5, 0.6) is 0 Å². The van der Waals surface area contributed by atoms with E-state index in [1.165, 1.54) is 19.3 Å². The largest absolute Gasteiger partial charge is 0.405 e. The van der Waals surface area contributed by atoms with E-state index < -0.39 is 24.7 Å². The molecule has 0 bridgehead atoms. The molecule has 4 N–H and O–H groups in total. The first-order valence-electron chi connectivity index (χ1n) is 11.2. The van der Waals surface area contributed by atoms with E-state index in [4.69, 9.17) is 0 Å². The van der Waals surface area contributed by atoms with Gasteiger partial charge in [0.2, 0.25) is 5.91 Å². The minimum Gasteiger partial charge on any atom is -0.358 e. The van der Waals surface area contributed by atoms with Crippen LogP contribution in [0.1, 0.15) is 37.2 Å². The fourth-order valence-electron chi connectivity index (χ4n) is 3.84. The molecule has 4 heterocycles.